The summed E-state index contributed by atoms with van der Waals surface area (Å²) in [6.07, 6.45) is 7.09. The van der Waals surface area contributed by atoms with Crippen LogP contribution in [0.25, 0.3) is 0 Å². The summed E-state index contributed by atoms with van der Waals surface area (Å²) in [5, 5.41) is 3.01. The second-order valence-electron chi connectivity index (χ2n) is 6.67. The fraction of sp³-hybridized carbons (Fsp3) is 0.579. The van der Waals surface area contributed by atoms with Crippen molar-refractivity contribution in [3.05, 3.63) is 35.9 Å². The quantitative estimate of drug-likeness (QED) is 0.849. The smallest absolute Gasteiger partial charge is 0.244 e. The Labute approximate surface area is 139 Å². The Morgan fingerprint density at radius 2 is 1.70 bits per heavy atom. The molecule has 1 fully saturated rings. The van der Waals surface area contributed by atoms with Crippen LogP contribution in [-0.2, 0) is 16.0 Å². The van der Waals surface area contributed by atoms with Gasteiger partial charge in [0.1, 0.15) is 6.04 Å². The fourth-order valence-corrected chi connectivity index (χ4v) is 3.19. The molecule has 1 aliphatic rings. The maximum Gasteiger partial charge on any atom is 0.244 e. The molecule has 1 saturated carbocycles. The highest BCUT2D eigenvalue weighted by molar-refractivity contribution is 5.88. The molecule has 0 aliphatic heterocycles. The number of nitrogens with zero attached hydrogens (tertiary/aromatic N) is 1. The maximum absolute atomic E-state index is 12.6. The Morgan fingerprint density at radius 3 is 2.26 bits per heavy atom. The van der Waals surface area contributed by atoms with E-state index in [-0.39, 0.29) is 17.7 Å². The van der Waals surface area contributed by atoms with Gasteiger partial charge in [-0.2, -0.15) is 0 Å². The molecule has 2 amide bonds. The van der Waals surface area contributed by atoms with Gasteiger partial charge in [0.15, 0.2) is 0 Å². The Hall–Kier alpha value is -1.84. The highest BCUT2D eigenvalue weighted by Crippen LogP contribution is 2.23. The molecule has 23 heavy (non-hydrogen) atoms. The minimum atomic E-state index is -0.483. The summed E-state index contributed by atoms with van der Waals surface area (Å²) in [7, 11) is 3.47. The van der Waals surface area contributed by atoms with Crippen molar-refractivity contribution in [3.8, 4) is 0 Å². The number of hydrogen-bond donors (Lipinski definition) is 1. The van der Waals surface area contributed by atoms with Gasteiger partial charge in [0, 0.05) is 26.4 Å². The van der Waals surface area contributed by atoms with Gasteiger partial charge in [-0.1, -0.05) is 56.0 Å². The molecule has 0 spiro atoms. The van der Waals surface area contributed by atoms with Gasteiger partial charge in [-0.15, -0.1) is 0 Å². The van der Waals surface area contributed by atoms with Gasteiger partial charge in [-0.3, -0.25) is 9.59 Å². The van der Waals surface area contributed by atoms with E-state index in [2.05, 4.69) is 5.32 Å². The van der Waals surface area contributed by atoms with Crippen molar-refractivity contribution in [3.63, 3.8) is 0 Å². The van der Waals surface area contributed by atoms with Crippen LogP contribution in [0.3, 0.4) is 0 Å². The summed E-state index contributed by atoms with van der Waals surface area (Å²) in [5.41, 5.74) is 1.06. The molecular weight excluding hydrogens is 288 g/mol. The molecule has 1 aromatic rings. The Kier molecular flexibility index (Phi) is 6.63. The van der Waals surface area contributed by atoms with Crippen LogP contribution in [0, 0.1) is 5.92 Å². The van der Waals surface area contributed by atoms with E-state index in [9.17, 15) is 9.59 Å². The van der Waals surface area contributed by atoms with Gasteiger partial charge >= 0.3 is 0 Å². The molecular formula is C19H28N2O2. The summed E-state index contributed by atoms with van der Waals surface area (Å²) in [6.45, 7) is 0. The van der Waals surface area contributed by atoms with Crippen molar-refractivity contribution in [2.45, 2.75) is 51.0 Å². The van der Waals surface area contributed by atoms with Gasteiger partial charge in [-0.25, -0.2) is 0 Å². The number of carbonyl (C=O) groups is 2. The van der Waals surface area contributed by atoms with Crippen molar-refractivity contribution in [2.24, 2.45) is 5.92 Å². The maximum atomic E-state index is 12.6. The monoisotopic (exact) mass is 316 g/mol. The van der Waals surface area contributed by atoms with Crippen LogP contribution in [0.5, 0.6) is 0 Å². The predicted octanol–water partition coefficient (Wildman–Crippen LogP) is 2.77. The number of benzene rings is 1. The van der Waals surface area contributed by atoms with Crippen molar-refractivity contribution in [1.82, 2.24) is 10.2 Å². The molecule has 0 aromatic heterocycles. The first-order chi connectivity index (χ1) is 11.1. The van der Waals surface area contributed by atoms with Gasteiger partial charge in [0.2, 0.25) is 11.8 Å². The van der Waals surface area contributed by atoms with Crippen molar-refractivity contribution >= 4 is 11.8 Å². The Bertz CT molecular complexity index is 505. The summed E-state index contributed by atoms with van der Waals surface area (Å²) < 4.78 is 0. The molecule has 0 heterocycles. The summed E-state index contributed by atoms with van der Waals surface area (Å²) in [6, 6.07) is 9.38. The van der Waals surface area contributed by atoms with Crippen LogP contribution in [0.1, 0.15) is 44.1 Å². The van der Waals surface area contributed by atoms with Crippen LogP contribution >= 0.6 is 0 Å². The van der Waals surface area contributed by atoms with E-state index < -0.39 is 6.04 Å². The van der Waals surface area contributed by atoms with Gasteiger partial charge in [0.05, 0.1) is 0 Å². The van der Waals surface area contributed by atoms with Crippen molar-refractivity contribution in [1.29, 1.82) is 0 Å². The van der Waals surface area contributed by atoms with E-state index in [4.69, 9.17) is 0 Å². The van der Waals surface area contributed by atoms with Gasteiger partial charge < -0.3 is 10.2 Å². The fourth-order valence-electron chi connectivity index (χ4n) is 3.19. The first-order valence-corrected chi connectivity index (χ1v) is 8.63. The molecule has 4 nitrogen and oxygen atoms in total. The molecule has 1 aromatic carbocycles. The minimum Gasteiger partial charge on any atom is -0.347 e. The number of likely N-dealkylation sites (N-methyl/N-ethyl adjacent to an activating group) is 1. The molecule has 0 saturated heterocycles. The number of amides is 2. The zero-order chi connectivity index (χ0) is 16.7. The van der Waals surface area contributed by atoms with Crippen LogP contribution in [0.2, 0.25) is 0 Å². The molecule has 0 bridgehead atoms. The van der Waals surface area contributed by atoms with E-state index in [1.165, 1.54) is 12.8 Å². The zero-order valence-corrected chi connectivity index (χ0v) is 14.3. The molecule has 1 unspecified atom stereocenters. The molecule has 2 rings (SSSR count). The Balaban J connectivity index is 2.04. The van der Waals surface area contributed by atoms with Crippen molar-refractivity contribution in [2.75, 3.05) is 14.1 Å². The average Bonchev–Trinajstić information content (AvgIpc) is 2.83. The Morgan fingerprint density at radius 1 is 1.09 bits per heavy atom. The average molecular weight is 316 g/mol. The summed E-state index contributed by atoms with van der Waals surface area (Å²) in [4.78, 5) is 26.6. The van der Waals surface area contributed by atoms with Gasteiger partial charge in [-0.05, 0) is 18.4 Å². The zero-order valence-electron chi connectivity index (χ0n) is 14.3. The SMILES string of the molecule is CN(C)C(=O)C(Cc1ccccc1)NC(=O)C1CCCCCC1. The third-order valence-corrected chi connectivity index (χ3v) is 4.56. The second-order valence-corrected chi connectivity index (χ2v) is 6.67. The van der Waals surface area contributed by atoms with Crippen LogP contribution in [-0.4, -0.2) is 36.9 Å². The number of hydrogen-bond acceptors (Lipinski definition) is 2. The number of nitrogens with one attached hydrogen (secondary N) is 1. The minimum absolute atomic E-state index is 0.0445. The lowest BCUT2D eigenvalue weighted by Crippen LogP contribution is -2.49. The van der Waals surface area contributed by atoms with Crippen molar-refractivity contribution < 1.29 is 9.59 Å². The summed E-state index contributed by atoms with van der Waals surface area (Å²) >= 11 is 0. The van der Waals surface area contributed by atoms with Gasteiger partial charge in [0.25, 0.3) is 0 Å². The van der Waals surface area contributed by atoms with Crippen LogP contribution in [0.4, 0.5) is 0 Å². The largest absolute Gasteiger partial charge is 0.347 e. The van der Waals surface area contributed by atoms with E-state index >= 15 is 0 Å². The standard InChI is InChI=1S/C19H28N2O2/c1-21(2)19(23)17(14-15-10-6-5-7-11-15)20-18(22)16-12-8-3-4-9-13-16/h5-7,10-11,16-17H,3-4,8-9,12-14H2,1-2H3,(H,20,22). The lowest BCUT2D eigenvalue weighted by Gasteiger charge is -2.24. The van der Waals surface area contributed by atoms with E-state index in [1.807, 2.05) is 30.3 Å². The lowest BCUT2D eigenvalue weighted by molar-refractivity contribution is -0.135. The molecule has 126 valence electrons. The number of rotatable bonds is 5. The lowest BCUT2D eigenvalue weighted by atomic mass is 9.98. The van der Waals surface area contributed by atoms with Crippen LogP contribution in [0.15, 0.2) is 30.3 Å². The molecule has 1 atom stereocenters. The molecule has 4 heteroatoms. The molecule has 1 N–H and O–H groups in total. The molecule has 0 radical (unpaired) electrons. The van der Waals surface area contributed by atoms with E-state index in [0.29, 0.717) is 6.42 Å². The third-order valence-electron chi connectivity index (χ3n) is 4.56. The second kappa shape index (κ2) is 8.70. The normalized spacial score (nSPS) is 17.1. The first-order valence-electron chi connectivity index (χ1n) is 8.63. The van der Waals surface area contributed by atoms with E-state index in [0.717, 1.165) is 31.2 Å². The first kappa shape index (κ1) is 17.5. The van der Waals surface area contributed by atoms with E-state index in [1.54, 1.807) is 19.0 Å². The topological polar surface area (TPSA) is 49.4 Å². The predicted molar refractivity (Wildman–Crippen MR) is 92.0 cm³/mol. The highest BCUT2D eigenvalue weighted by Gasteiger charge is 2.27. The highest BCUT2D eigenvalue weighted by atomic mass is 16.2. The number of carbonyl (C=O) groups excluding carboxylic acids is 2. The molecule has 1 aliphatic carbocycles. The third kappa shape index (κ3) is 5.38. The summed E-state index contributed by atoms with van der Waals surface area (Å²) in [5.74, 6) is 0.0598. The van der Waals surface area contributed by atoms with Crippen LogP contribution < -0.4 is 5.32 Å².